The number of amides is 1. The van der Waals surface area contributed by atoms with Crippen molar-refractivity contribution in [3.63, 3.8) is 0 Å². The molecule has 1 aliphatic heterocycles. The first-order chi connectivity index (χ1) is 7.08. The SMILES string of the molecule is Cc1ccc(C(C)N2CC(O)CC2=O)o1. The lowest BCUT2D eigenvalue weighted by atomic mass is 10.2. The van der Waals surface area contributed by atoms with Crippen molar-refractivity contribution in [3.8, 4) is 0 Å². The Kier molecular flexibility index (Phi) is 2.52. The van der Waals surface area contributed by atoms with E-state index in [1.54, 1.807) is 4.90 Å². The van der Waals surface area contributed by atoms with Crippen LogP contribution in [0.4, 0.5) is 0 Å². The predicted molar refractivity (Wildman–Crippen MR) is 54.2 cm³/mol. The van der Waals surface area contributed by atoms with E-state index in [1.807, 2.05) is 26.0 Å². The topological polar surface area (TPSA) is 53.7 Å². The number of nitrogens with zero attached hydrogens (tertiary/aromatic N) is 1. The van der Waals surface area contributed by atoms with Crippen molar-refractivity contribution >= 4 is 5.91 Å². The van der Waals surface area contributed by atoms with E-state index in [2.05, 4.69) is 0 Å². The molecule has 1 aromatic heterocycles. The van der Waals surface area contributed by atoms with Crippen LogP contribution in [0.15, 0.2) is 16.5 Å². The van der Waals surface area contributed by atoms with Gasteiger partial charge in [-0.3, -0.25) is 4.79 Å². The number of carbonyl (C=O) groups is 1. The lowest BCUT2D eigenvalue weighted by Gasteiger charge is -2.22. The number of furan rings is 1. The van der Waals surface area contributed by atoms with Gasteiger partial charge in [-0.1, -0.05) is 0 Å². The largest absolute Gasteiger partial charge is 0.464 e. The fourth-order valence-electron chi connectivity index (χ4n) is 1.92. The van der Waals surface area contributed by atoms with E-state index in [9.17, 15) is 9.90 Å². The first-order valence-corrected chi connectivity index (χ1v) is 5.12. The van der Waals surface area contributed by atoms with Gasteiger partial charge in [0.1, 0.15) is 11.5 Å². The van der Waals surface area contributed by atoms with Gasteiger partial charge >= 0.3 is 0 Å². The predicted octanol–water partition coefficient (Wildman–Crippen LogP) is 1.24. The van der Waals surface area contributed by atoms with Crippen molar-refractivity contribution < 1.29 is 14.3 Å². The highest BCUT2D eigenvalue weighted by molar-refractivity contribution is 5.79. The van der Waals surface area contributed by atoms with Crippen LogP contribution in [0.25, 0.3) is 0 Å². The summed E-state index contributed by atoms with van der Waals surface area (Å²) in [6, 6.07) is 3.66. The summed E-state index contributed by atoms with van der Waals surface area (Å²) in [5.74, 6) is 1.60. The van der Waals surface area contributed by atoms with Crippen LogP contribution in [0.2, 0.25) is 0 Å². The molecule has 4 heteroatoms. The molecular weight excluding hydrogens is 194 g/mol. The number of aliphatic hydroxyl groups is 1. The number of rotatable bonds is 2. The molecule has 4 nitrogen and oxygen atoms in total. The van der Waals surface area contributed by atoms with Crippen molar-refractivity contribution in [2.24, 2.45) is 0 Å². The molecule has 15 heavy (non-hydrogen) atoms. The van der Waals surface area contributed by atoms with Crippen LogP contribution in [0.5, 0.6) is 0 Å². The van der Waals surface area contributed by atoms with Crippen LogP contribution in [-0.2, 0) is 4.79 Å². The molecule has 1 aromatic rings. The second-order valence-corrected chi connectivity index (χ2v) is 4.03. The highest BCUT2D eigenvalue weighted by Gasteiger charge is 2.32. The molecule has 2 atom stereocenters. The van der Waals surface area contributed by atoms with Crippen LogP contribution in [0.3, 0.4) is 0 Å². The van der Waals surface area contributed by atoms with Gasteiger partial charge in [0, 0.05) is 6.54 Å². The van der Waals surface area contributed by atoms with Crippen LogP contribution >= 0.6 is 0 Å². The summed E-state index contributed by atoms with van der Waals surface area (Å²) in [6.45, 7) is 4.19. The Morgan fingerprint density at radius 3 is 2.80 bits per heavy atom. The lowest BCUT2D eigenvalue weighted by molar-refractivity contribution is -0.129. The standard InChI is InChI=1S/C11H15NO3/c1-7-3-4-10(15-7)8(2)12-6-9(13)5-11(12)14/h3-4,8-9,13H,5-6H2,1-2H3. The quantitative estimate of drug-likeness (QED) is 0.797. The van der Waals surface area contributed by atoms with Crippen molar-refractivity contribution in [1.29, 1.82) is 0 Å². The Labute approximate surface area is 88.5 Å². The summed E-state index contributed by atoms with van der Waals surface area (Å²) in [5, 5.41) is 9.38. The smallest absolute Gasteiger partial charge is 0.225 e. The van der Waals surface area contributed by atoms with Gasteiger partial charge in [-0.2, -0.15) is 0 Å². The van der Waals surface area contributed by atoms with Gasteiger partial charge in [0.25, 0.3) is 0 Å². The number of β-amino-alcohol motifs (C(OH)–C–C–N with tert-alkyl or cyclic N) is 1. The molecule has 1 saturated heterocycles. The molecule has 0 saturated carbocycles. The molecular formula is C11H15NO3. The molecule has 0 aliphatic carbocycles. The zero-order valence-corrected chi connectivity index (χ0v) is 8.93. The molecule has 2 heterocycles. The van der Waals surface area contributed by atoms with E-state index in [1.165, 1.54) is 0 Å². The second-order valence-electron chi connectivity index (χ2n) is 4.03. The lowest BCUT2D eigenvalue weighted by Crippen LogP contribution is -2.28. The van der Waals surface area contributed by atoms with Gasteiger partial charge in [0.15, 0.2) is 0 Å². The number of carbonyl (C=O) groups excluding carboxylic acids is 1. The average Bonchev–Trinajstić information content (AvgIpc) is 2.71. The Balaban J connectivity index is 2.14. The third kappa shape index (κ3) is 1.90. The fraction of sp³-hybridized carbons (Fsp3) is 0.545. The van der Waals surface area contributed by atoms with Gasteiger partial charge in [-0.05, 0) is 26.0 Å². The molecule has 0 bridgehead atoms. The van der Waals surface area contributed by atoms with Crippen molar-refractivity contribution in [1.82, 2.24) is 4.90 Å². The molecule has 0 radical (unpaired) electrons. The summed E-state index contributed by atoms with van der Waals surface area (Å²) >= 11 is 0. The molecule has 1 aliphatic rings. The van der Waals surface area contributed by atoms with Gasteiger partial charge < -0.3 is 14.4 Å². The van der Waals surface area contributed by atoms with E-state index in [-0.39, 0.29) is 18.4 Å². The average molecular weight is 209 g/mol. The summed E-state index contributed by atoms with van der Waals surface area (Å²) in [6.07, 6.45) is -0.305. The van der Waals surface area contributed by atoms with Gasteiger partial charge in [-0.25, -0.2) is 0 Å². The first-order valence-electron chi connectivity index (χ1n) is 5.12. The normalized spacial score (nSPS) is 23.5. The van der Waals surface area contributed by atoms with Crippen LogP contribution in [0.1, 0.15) is 30.9 Å². The summed E-state index contributed by atoms with van der Waals surface area (Å²) < 4.78 is 5.47. The number of hydrogen-bond acceptors (Lipinski definition) is 3. The third-order valence-electron chi connectivity index (χ3n) is 2.78. The number of aliphatic hydroxyl groups excluding tert-OH is 1. The van der Waals surface area contributed by atoms with Gasteiger partial charge in [0.2, 0.25) is 5.91 Å². The molecule has 1 amide bonds. The highest BCUT2D eigenvalue weighted by Crippen LogP contribution is 2.26. The maximum Gasteiger partial charge on any atom is 0.225 e. The Hall–Kier alpha value is -1.29. The minimum Gasteiger partial charge on any atom is -0.464 e. The molecule has 2 unspecified atom stereocenters. The fourth-order valence-corrected chi connectivity index (χ4v) is 1.92. The summed E-state index contributed by atoms with van der Waals surface area (Å²) in [4.78, 5) is 13.2. The Bertz CT molecular complexity index is 372. The number of likely N-dealkylation sites (tertiary alicyclic amines) is 1. The van der Waals surface area contributed by atoms with Gasteiger partial charge in [-0.15, -0.1) is 0 Å². The molecule has 1 N–H and O–H groups in total. The summed E-state index contributed by atoms with van der Waals surface area (Å²) in [5.41, 5.74) is 0. The Morgan fingerprint density at radius 2 is 2.33 bits per heavy atom. The second kappa shape index (κ2) is 3.70. The highest BCUT2D eigenvalue weighted by atomic mass is 16.3. The third-order valence-corrected chi connectivity index (χ3v) is 2.78. The van der Waals surface area contributed by atoms with Crippen molar-refractivity contribution in [2.45, 2.75) is 32.4 Å². The maximum absolute atomic E-state index is 11.5. The monoisotopic (exact) mass is 209 g/mol. The molecule has 82 valence electrons. The van der Waals surface area contributed by atoms with Crippen LogP contribution < -0.4 is 0 Å². The number of aryl methyl sites for hydroxylation is 1. The van der Waals surface area contributed by atoms with E-state index >= 15 is 0 Å². The van der Waals surface area contributed by atoms with E-state index in [0.717, 1.165) is 11.5 Å². The minimum absolute atomic E-state index is 0.0101. The van der Waals surface area contributed by atoms with E-state index < -0.39 is 6.10 Å². The molecule has 2 rings (SSSR count). The molecule has 0 aromatic carbocycles. The zero-order valence-electron chi connectivity index (χ0n) is 8.93. The minimum atomic E-state index is -0.531. The van der Waals surface area contributed by atoms with Gasteiger partial charge in [0.05, 0.1) is 18.6 Å². The Morgan fingerprint density at radius 1 is 1.60 bits per heavy atom. The number of hydrogen-bond donors (Lipinski definition) is 1. The van der Waals surface area contributed by atoms with Crippen molar-refractivity contribution in [2.75, 3.05) is 6.54 Å². The summed E-state index contributed by atoms with van der Waals surface area (Å²) in [7, 11) is 0. The first kappa shape index (κ1) is 10.2. The van der Waals surface area contributed by atoms with Crippen LogP contribution in [0, 0.1) is 6.92 Å². The molecule has 0 spiro atoms. The van der Waals surface area contributed by atoms with Crippen LogP contribution in [-0.4, -0.2) is 28.6 Å². The zero-order chi connectivity index (χ0) is 11.0. The maximum atomic E-state index is 11.5. The molecule has 1 fully saturated rings. The van der Waals surface area contributed by atoms with Crippen molar-refractivity contribution in [3.05, 3.63) is 23.7 Å². The van der Waals surface area contributed by atoms with E-state index in [0.29, 0.717) is 6.54 Å². The van der Waals surface area contributed by atoms with E-state index in [4.69, 9.17) is 4.42 Å².